The predicted octanol–water partition coefficient (Wildman–Crippen LogP) is 0.609. The predicted molar refractivity (Wildman–Crippen MR) is 59.4 cm³/mol. The summed E-state index contributed by atoms with van der Waals surface area (Å²) in [5.74, 6) is 0.764. The number of likely N-dealkylation sites (tertiary alicyclic amines) is 1. The quantitative estimate of drug-likeness (QED) is 0.729. The smallest absolute Gasteiger partial charge is 0.222 e. The van der Waals surface area contributed by atoms with Gasteiger partial charge in [0.1, 0.15) is 0 Å². The van der Waals surface area contributed by atoms with Gasteiger partial charge in [-0.2, -0.15) is 0 Å². The van der Waals surface area contributed by atoms with Crippen molar-refractivity contribution in [1.29, 1.82) is 0 Å². The molecule has 15 heavy (non-hydrogen) atoms. The first-order chi connectivity index (χ1) is 7.13. The molecule has 0 aromatic heterocycles. The fraction of sp³-hybridized carbons (Fsp3) is 0.909. The van der Waals surface area contributed by atoms with Crippen LogP contribution >= 0.6 is 0 Å². The molecule has 1 heterocycles. The number of hydrogen-bond donors (Lipinski definition) is 1. The van der Waals surface area contributed by atoms with Crippen LogP contribution in [0.5, 0.6) is 0 Å². The number of carbonyl (C=O) groups is 1. The number of rotatable bonds is 5. The first-order valence-corrected chi connectivity index (χ1v) is 5.65. The molecule has 2 atom stereocenters. The first kappa shape index (κ1) is 12.5. The van der Waals surface area contributed by atoms with Gasteiger partial charge >= 0.3 is 0 Å². The minimum absolute atomic E-state index is 0.117. The minimum Gasteiger partial charge on any atom is -0.384 e. The Morgan fingerprint density at radius 3 is 3.00 bits per heavy atom. The van der Waals surface area contributed by atoms with Crippen LogP contribution in [0.4, 0.5) is 0 Å². The second-order valence-corrected chi connectivity index (χ2v) is 4.47. The van der Waals surface area contributed by atoms with E-state index in [9.17, 15) is 4.79 Å². The van der Waals surface area contributed by atoms with Crippen LogP contribution in [0, 0.1) is 5.92 Å². The molecular weight excluding hydrogens is 192 g/mol. The zero-order chi connectivity index (χ0) is 11.3. The van der Waals surface area contributed by atoms with E-state index < -0.39 is 0 Å². The third kappa shape index (κ3) is 4.18. The van der Waals surface area contributed by atoms with Gasteiger partial charge in [0.05, 0.1) is 6.61 Å². The molecule has 0 aromatic carbocycles. The number of methoxy groups -OCH3 is 1. The lowest BCUT2D eigenvalue weighted by Gasteiger charge is -2.17. The first-order valence-electron chi connectivity index (χ1n) is 5.65. The summed E-state index contributed by atoms with van der Waals surface area (Å²) in [5.41, 5.74) is 5.62. The number of ether oxygens (including phenoxy) is 1. The molecule has 0 radical (unpaired) electrons. The molecule has 4 heteroatoms. The lowest BCUT2D eigenvalue weighted by Crippen LogP contribution is -2.30. The Morgan fingerprint density at radius 1 is 1.67 bits per heavy atom. The summed E-state index contributed by atoms with van der Waals surface area (Å²) in [5, 5.41) is 0. The number of amides is 1. The minimum atomic E-state index is 0.117. The van der Waals surface area contributed by atoms with Crippen LogP contribution in [0.1, 0.15) is 26.2 Å². The Kier molecular flexibility index (Phi) is 5.05. The van der Waals surface area contributed by atoms with E-state index in [1.54, 1.807) is 7.11 Å². The monoisotopic (exact) mass is 214 g/mol. The Balaban J connectivity index is 2.24. The molecule has 0 saturated carbocycles. The summed E-state index contributed by atoms with van der Waals surface area (Å²) in [4.78, 5) is 13.7. The van der Waals surface area contributed by atoms with Gasteiger partial charge < -0.3 is 15.4 Å². The van der Waals surface area contributed by atoms with Crippen molar-refractivity contribution in [1.82, 2.24) is 4.90 Å². The van der Waals surface area contributed by atoms with Crippen molar-refractivity contribution in [3.63, 3.8) is 0 Å². The Labute approximate surface area is 91.8 Å². The molecule has 0 bridgehead atoms. The average molecular weight is 214 g/mol. The third-order valence-corrected chi connectivity index (χ3v) is 2.85. The Hall–Kier alpha value is -0.610. The Bertz CT molecular complexity index is 207. The fourth-order valence-electron chi connectivity index (χ4n) is 1.94. The summed E-state index contributed by atoms with van der Waals surface area (Å²) in [6, 6.07) is 0.117. The van der Waals surface area contributed by atoms with Crippen molar-refractivity contribution in [3.8, 4) is 0 Å². The van der Waals surface area contributed by atoms with Crippen LogP contribution in [0.15, 0.2) is 0 Å². The van der Waals surface area contributed by atoms with Crippen LogP contribution in [-0.2, 0) is 9.53 Å². The molecule has 1 rings (SSSR count). The summed E-state index contributed by atoms with van der Waals surface area (Å²) in [7, 11) is 1.71. The highest BCUT2D eigenvalue weighted by atomic mass is 16.5. The molecule has 2 N–H and O–H groups in total. The van der Waals surface area contributed by atoms with E-state index in [2.05, 4.69) is 0 Å². The highest BCUT2D eigenvalue weighted by Gasteiger charge is 2.25. The molecule has 0 spiro atoms. The zero-order valence-corrected chi connectivity index (χ0v) is 9.74. The fourth-order valence-corrected chi connectivity index (χ4v) is 1.94. The van der Waals surface area contributed by atoms with Crippen molar-refractivity contribution in [2.75, 3.05) is 26.8 Å². The van der Waals surface area contributed by atoms with Crippen LogP contribution in [0.3, 0.4) is 0 Å². The molecule has 1 fully saturated rings. The molecule has 0 aliphatic carbocycles. The van der Waals surface area contributed by atoms with Crippen molar-refractivity contribution < 1.29 is 9.53 Å². The van der Waals surface area contributed by atoms with E-state index in [1.165, 1.54) is 0 Å². The van der Waals surface area contributed by atoms with E-state index in [0.29, 0.717) is 12.3 Å². The summed E-state index contributed by atoms with van der Waals surface area (Å²) >= 11 is 0. The maximum Gasteiger partial charge on any atom is 0.222 e. The second kappa shape index (κ2) is 6.08. The SMILES string of the molecule is COCC1CCN(C(=O)CCC(C)N)C1. The molecule has 2 unspecified atom stereocenters. The Morgan fingerprint density at radius 2 is 2.40 bits per heavy atom. The van der Waals surface area contributed by atoms with E-state index in [0.717, 1.165) is 32.5 Å². The molecule has 1 saturated heterocycles. The van der Waals surface area contributed by atoms with E-state index in [1.807, 2.05) is 11.8 Å². The second-order valence-electron chi connectivity index (χ2n) is 4.47. The summed E-state index contributed by atoms with van der Waals surface area (Å²) in [6.45, 7) is 4.43. The molecule has 0 aromatic rings. The average Bonchev–Trinajstić information content (AvgIpc) is 2.63. The summed E-state index contributed by atoms with van der Waals surface area (Å²) < 4.78 is 5.09. The van der Waals surface area contributed by atoms with Gasteiger partial charge in [0.15, 0.2) is 0 Å². The molecule has 1 amide bonds. The van der Waals surface area contributed by atoms with Gasteiger partial charge in [0, 0.05) is 38.6 Å². The molecule has 1 aliphatic heterocycles. The van der Waals surface area contributed by atoms with Crippen LogP contribution < -0.4 is 5.73 Å². The number of nitrogens with zero attached hydrogens (tertiary/aromatic N) is 1. The maximum atomic E-state index is 11.7. The van der Waals surface area contributed by atoms with Gasteiger partial charge in [-0.25, -0.2) is 0 Å². The zero-order valence-electron chi connectivity index (χ0n) is 9.74. The van der Waals surface area contributed by atoms with Crippen molar-refractivity contribution in [2.45, 2.75) is 32.2 Å². The van der Waals surface area contributed by atoms with Gasteiger partial charge in [0.25, 0.3) is 0 Å². The van der Waals surface area contributed by atoms with Crippen molar-refractivity contribution in [3.05, 3.63) is 0 Å². The van der Waals surface area contributed by atoms with Crippen molar-refractivity contribution >= 4 is 5.91 Å². The molecule has 1 aliphatic rings. The van der Waals surface area contributed by atoms with Gasteiger partial charge in [-0.3, -0.25) is 4.79 Å². The van der Waals surface area contributed by atoms with Crippen molar-refractivity contribution in [2.24, 2.45) is 11.7 Å². The highest BCUT2D eigenvalue weighted by Crippen LogP contribution is 2.17. The lowest BCUT2D eigenvalue weighted by atomic mass is 10.1. The number of carbonyl (C=O) groups excluding carboxylic acids is 1. The lowest BCUT2D eigenvalue weighted by molar-refractivity contribution is -0.130. The van der Waals surface area contributed by atoms with Gasteiger partial charge in [0.2, 0.25) is 5.91 Å². The van der Waals surface area contributed by atoms with E-state index in [-0.39, 0.29) is 11.9 Å². The topological polar surface area (TPSA) is 55.6 Å². The third-order valence-electron chi connectivity index (χ3n) is 2.85. The van der Waals surface area contributed by atoms with Gasteiger partial charge in [-0.05, 0) is 19.8 Å². The maximum absolute atomic E-state index is 11.7. The van der Waals surface area contributed by atoms with Crippen LogP contribution in [0.2, 0.25) is 0 Å². The van der Waals surface area contributed by atoms with E-state index >= 15 is 0 Å². The molecule has 4 nitrogen and oxygen atoms in total. The van der Waals surface area contributed by atoms with E-state index in [4.69, 9.17) is 10.5 Å². The number of hydrogen-bond acceptors (Lipinski definition) is 3. The van der Waals surface area contributed by atoms with Gasteiger partial charge in [-0.1, -0.05) is 0 Å². The largest absolute Gasteiger partial charge is 0.384 e. The van der Waals surface area contributed by atoms with Crippen LogP contribution in [0.25, 0.3) is 0 Å². The molecular formula is C11H22N2O2. The normalized spacial score (nSPS) is 23.1. The molecule has 88 valence electrons. The van der Waals surface area contributed by atoms with Crippen LogP contribution in [-0.4, -0.2) is 43.7 Å². The standard InChI is InChI=1S/C11H22N2O2/c1-9(12)3-4-11(14)13-6-5-10(7-13)8-15-2/h9-10H,3-8,12H2,1-2H3. The highest BCUT2D eigenvalue weighted by molar-refractivity contribution is 5.76. The number of nitrogens with two attached hydrogens (primary N) is 1. The summed E-state index contributed by atoms with van der Waals surface area (Å²) in [6.07, 6.45) is 2.43. The van der Waals surface area contributed by atoms with Gasteiger partial charge in [-0.15, -0.1) is 0 Å².